The summed E-state index contributed by atoms with van der Waals surface area (Å²) < 4.78 is 5.62. The summed E-state index contributed by atoms with van der Waals surface area (Å²) in [6.45, 7) is 4.10. The van der Waals surface area contributed by atoms with Crippen molar-refractivity contribution in [1.82, 2.24) is 9.80 Å². The van der Waals surface area contributed by atoms with Crippen LogP contribution in [0.3, 0.4) is 0 Å². The number of amides is 1. The zero-order valence-corrected chi connectivity index (χ0v) is 13.1. The Morgan fingerprint density at radius 3 is 2.62 bits per heavy atom. The summed E-state index contributed by atoms with van der Waals surface area (Å²) in [7, 11) is 0. The predicted octanol–water partition coefficient (Wildman–Crippen LogP) is 3.06. The smallest absolute Gasteiger partial charge is 0.407 e. The molecular formula is C14H18Cl2N2O3. The maximum atomic E-state index is 10.8. The van der Waals surface area contributed by atoms with Crippen LogP contribution in [0.2, 0.25) is 10.0 Å². The van der Waals surface area contributed by atoms with Crippen molar-refractivity contribution in [3.63, 3.8) is 0 Å². The van der Waals surface area contributed by atoms with Gasteiger partial charge in [0, 0.05) is 43.8 Å². The summed E-state index contributed by atoms with van der Waals surface area (Å²) in [6, 6.07) is 5.14. The van der Waals surface area contributed by atoms with E-state index in [0.29, 0.717) is 35.5 Å². The number of ether oxygens (including phenoxy) is 1. The quantitative estimate of drug-likeness (QED) is 0.842. The van der Waals surface area contributed by atoms with Gasteiger partial charge in [0.15, 0.2) is 0 Å². The maximum absolute atomic E-state index is 10.8. The van der Waals surface area contributed by atoms with E-state index in [1.54, 1.807) is 18.2 Å². The highest BCUT2D eigenvalue weighted by atomic mass is 35.5. The second-order valence-electron chi connectivity index (χ2n) is 4.89. The van der Waals surface area contributed by atoms with E-state index in [-0.39, 0.29) is 0 Å². The van der Waals surface area contributed by atoms with Crippen LogP contribution in [-0.2, 0) is 0 Å². The van der Waals surface area contributed by atoms with Crippen LogP contribution in [0.4, 0.5) is 4.79 Å². The van der Waals surface area contributed by atoms with Crippen molar-refractivity contribution >= 4 is 29.3 Å². The van der Waals surface area contributed by atoms with Crippen LogP contribution in [0, 0.1) is 0 Å². The molecule has 0 aliphatic carbocycles. The molecule has 0 saturated carbocycles. The molecule has 7 heteroatoms. The molecular weight excluding hydrogens is 315 g/mol. The van der Waals surface area contributed by atoms with Crippen molar-refractivity contribution in [3.05, 3.63) is 28.2 Å². The summed E-state index contributed by atoms with van der Waals surface area (Å²) in [4.78, 5) is 14.5. The molecule has 0 spiro atoms. The molecule has 1 aromatic carbocycles. The Kier molecular flexibility index (Phi) is 5.96. The van der Waals surface area contributed by atoms with Crippen LogP contribution < -0.4 is 4.74 Å². The third-order valence-corrected chi connectivity index (χ3v) is 3.96. The Hall–Kier alpha value is -1.17. The van der Waals surface area contributed by atoms with E-state index in [9.17, 15) is 4.79 Å². The Morgan fingerprint density at radius 1 is 1.24 bits per heavy atom. The maximum Gasteiger partial charge on any atom is 0.407 e. The number of hydrogen-bond donors (Lipinski definition) is 1. The van der Waals surface area contributed by atoms with E-state index in [0.717, 1.165) is 26.1 Å². The van der Waals surface area contributed by atoms with Crippen LogP contribution in [0.5, 0.6) is 5.75 Å². The number of rotatable bonds is 5. The van der Waals surface area contributed by atoms with E-state index in [1.165, 1.54) is 4.90 Å². The highest BCUT2D eigenvalue weighted by molar-refractivity contribution is 6.34. The lowest BCUT2D eigenvalue weighted by Crippen LogP contribution is -2.48. The molecule has 0 radical (unpaired) electrons. The highest BCUT2D eigenvalue weighted by Gasteiger charge is 2.19. The first-order valence-electron chi connectivity index (χ1n) is 6.84. The second kappa shape index (κ2) is 7.73. The van der Waals surface area contributed by atoms with E-state index in [2.05, 4.69) is 4.90 Å². The lowest BCUT2D eigenvalue weighted by molar-refractivity contribution is 0.103. The molecule has 21 heavy (non-hydrogen) atoms. The number of hydrogen-bond acceptors (Lipinski definition) is 3. The van der Waals surface area contributed by atoms with E-state index >= 15 is 0 Å². The molecule has 1 saturated heterocycles. The predicted molar refractivity (Wildman–Crippen MR) is 82.6 cm³/mol. The standard InChI is InChI=1S/C14H18Cl2N2O3/c15-11-2-3-12(16)13(10-11)21-9-1-4-17-5-7-18(8-6-17)14(19)20/h2-3,10H,1,4-9H2,(H,19,20). The third kappa shape index (κ3) is 4.95. The van der Waals surface area contributed by atoms with E-state index < -0.39 is 6.09 Å². The van der Waals surface area contributed by atoms with Gasteiger partial charge in [-0.05, 0) is 18.6 Å². The lowest BCUT2D eigenvalue weighted by Gasteiger charge is -2.32. The summed E-state index contributed by atoms with van der Waals surface area (Å²) >= 11 is 11.9. The summed E-state index contributed by atoms with van der Waals surface area (Å²) in [6.07, 6.45) is 0.0178. The number of benzene rings is 1. The van der Waals surface area contributed by atoms with Crippen molar-refractivity contribution in [2.75, 3.05) is 39.3 Å². The molecule has 0 aromatic heterocycles. The Bertz CT molecular complexity index is 491. The van der Waals surface area contributed by atoms with Gasteiger partial charge in [0.25, 0.3) is 0 Å². The normalized spacial score (nSPS) is 16.0. The van der Waals surface area contributed by atoms with Crippen molar-refractivity contribution in [2.24, 2.45) is 0 Å². The highest BCUT2D eigenvalue weighted by Crippen LogP contribution is 2.27. The molecule has 116 valence electrons. The molecule has 5 nitrogen and oxygen atoms in total. The lowest BCUT2D eigenvalue weighted by atomic mass is 10.3. The van der Waals surface area contributed by atoms with Crippen molar-refractivity contribution in [3.8, 4) is 5.75 Å². The van der Waals surface area contributed by atoms with Crippen LogP contribution in [0.1, 0.15) is 6.42 Å². The molecule has 0 unspecified atom stereocenters. The molecule has 1 aliphatic heterocycles. The average Bonchev–Trinajstić information content (AvgIpc) is 2.47. The van der Waals surface area contributed by atoms with Gasteiger partial charge in [0.2, 0.25) is 0 Å². The Morgan fingerprint density at radius 2 is 1.95 bits per heavy atom. The van der Waals surface area contributed by atoms with Crippen LogP contribution in [-0.4, -0.2) is 60.3 Å². The van der Waals surface area contributed by atoms with Gasteiger partial charge in [-0.1, -0.05) is 23.2 Å². The fourth-order valence-electron chi connectivity index (χ4n) is 2.22. The van der Waals surface area contributed by atoms with Crippen LogP contribution in [0.25, 0.3) is 0 Å². The van der Waals surface area contributed by atoms with Crippen LogP contribution in [0.15, 0.2) is 18.2 Å². The molecule has 1 fully saturated rings. The minimum absolute atomic E-state index is 0.550. The SMILES string of the molecule is O=C(O)N1CCN(CCCOc2cc(Cl)ccc2Cl)CC1. The number of halogens is 2. The van der Waals surface area contributed by atoms with Gasteiger partial charge >= 0.3 is 6.09 Å². The topological polar surface area (TPSA) is 53.0 Å². The molecule has 0 atom stereocenters. The molecule has 0 bridgehead atoms. The Labute approximate surface area is 134 Å². The summed E-state index contributed by atoms with van der Waals surface area (Å²) in [5, 5.41) is 10.0. The first-order chi connectivity index (χ1) is 10.1. The largest absolute Gasteiger partial charge is 0.492 e. The molecule has 1 aromatic rings. The fourth-order valence-corrected chi connectivity index (χ4v) is 2.56. The van der Waals surface area contributed by atoms with Gasteiger partial charge in [-0.25, -0.2) is 4.79 Å². The molecule has 1 N–H and O–H groups in total. The first-order valence-corrected chi connectivity index (χ1v) is 7.60. The minimum Gasteiger partial charge on any atom is -0.492 e. The average molecular weight is 333 g/mol. The van der Waals surface area contributed by atoms with E-state index in [1.807, 2.05) is 0 Å². The van der Waals surface area contributed by atoms with Gasteiger partial charge in [-0.2, -0.15) is 0 Å². The number of carboxylic acid groups (broad SMARTS) is 1. The van der Waals surface area contributed by atoms with Crippen molar-refractivity contribution in [1.29, 1.82) is 0 Å². The van der Waals surface area contributed by atoms with E-state index in [4.69, 9.17) is 33.0 Å². The monoisotopic (exact) mass is 332 g/mol. The van der Waals surface area contributed by atoms with Crippen LogP contribution >= 0.6 is 23.2 Å². The van der Waals surface area contributed by atoms with Crippen molar-refractivity contribution in [2.45, 2.75) is 6.42 Å². The summed E-state index contributed by atoms with van der Waals surface area (Å²) in [5.74, 6) is 0.597. The van der Waals surface area contributed by atoms with Gasteiger partial charge in [-0.15, -0.1) is 0 Å². The zero-order valence-electron chi connectivity index (χ0n) is 11.6. The Balaban J connectivity index is 1.66. The summed E-state index contributed by atoms with van der Waals surface area (Å²) in [5.41, 5.74) is 0. The third-order valence-electron chi connectivity index (χ3n) is 3.41. The number of nitrogens with zero attached hydrogens (tertiary/aromatic N) is 2. The second-order valence-corrected chi connectivity index (χ2v) is 5.73. The molecule has 1 amide bonds. The fraction of sp³-hybridized carbons (Fsp3) is 0.500. The number of carbonyl (C=O) groups is 1. The zero-order chi connectivity index (χ0) is 15.2. The molecule has 1 aliphatic rings. The first kappa shape index (κ1) is 16.2. The molecule has 2 rings (SSSR count). The number of piperazine rings is 1. The van der Waals surface area contributed by atoms with Gasteiger partial charge in [0.05, 0.1) is 11.6 Å². The van der Waals surface area contributed by atoms with Gasteiger partial charge in [0.1, 0.15) is 5.75 Å². The van der Waals surface area contributed by atoms with Gasteiger partial charge < -0.3 is 14.7 Å². The van der Waals surface area contributed by atoms with Gasteiger partial charge in [-0.3, -0.25) is 4.90 Å². The van der Waals surface area contributed by atoms with Crippen molar-refractivity contribution < 1.29 is 14.6 Å². The minimum atomic E-state index is -0.839. The molecule has 1 heterocycles.